The topological polar surface area (TPSA) is 117 Å². The van der Waals surface area contributed by atoms with Crippen LogP contribution >= 0.6 is 0 Å². The van der Waals surface area contributed by atoms with Gasteiger partial charge >= 0.3 is 5.97 Å². The van der Waals surface area contributed by atoms with Crippen LogP contribution in [0.15, 0.2) is 59.5 Å². The van der Waals surface area contributed by atoms with Crippen LogP contribution in [0.4, 0.5) is 5.69 Å². The van der Waals surface area contributed by atoms with Crippen LogP contribution in [0.5, 0.6) is 0 Å². The number of carbonyl (C=O) groups excluding carboxylic acids is 2. The van der Waals surface area contributed by atoms with E-state index in [0.29, 0.717) is 5.69 Å². The highest BCUT2D eigenvalue weighted by Gasteiger charge is 2.32. The number of rotatable bonds is 8. The van der Waals surface area contributed by atoms with E-state index in [4.69, 9.17) is 14.7 Å². The van der Waals surface area contributed by atoms with Crippen molar-refractivity contribution < 1.29 is 27.5 Å². The Morgan fingerprint density at radius 1 is 1.09 bits per heavy atom. The second-order valence-electron chi connectivity index (χ2n) is 7.97. The smallest absolute Gasteiger partial charge is 0.338 e. The number of nitrogens with zero attached hydrogens (tertiary/aromatic N) is 3. The van der Waals surface area contributed by atoms with Gasteiger partial charge in [0.1, 0.15) is 0 Å². The average Bonchev–Trinajstić information content (AvgIpc) is 2.83. The normalized spacial score (nSPS) is 18.6. The van der Waals surface area contributed by atoms with Gasteiger partial charge < -0.3 is 14.4 Å². The standard InChI is InChI=1S/C24H27N3O6S/c1-18-15-26(16-19(2)33-18)34(30,31)22-11-9-20(10-12-22)24(29)32-17-23(28)27(14-6-13-25)21-7-4-3-5-8-21/h3-5,7-12,18-19H,6,14-17H2,1-2H3. The number of anilines is 1. The molecule has 34 heavy (non-hydrogen) atoms. The molecule has 0 saturated carbocycles. The van der Waals surface area contributed by atoms with E-state index in [1.54, 1.807) is 30.3 Å². The Kier molecular flexibility index (Phi) is 8.39. The van der Waals surface area contributed by atoms with Gasteiger partial charge in [-0.25, -0.2) is 13.2 Å². The van der Waals surface area contributed by atoms with Crippen LogP contribution in [0.1, 0.15) is 30.6 Å². The van der Waals surface area contributed by atoms with Crippen molar-refractivity contribution in [1.82, 2.24) is 4.31 Å². The molecule has 3 rings (SSSR count). The predicted molar refractivity (Wildman–Crippen MR) is 125 cm³/mol. The molecule has 0 aromatic heterocycles. The minimum Gasteiger partial charge on any atom is -0.452 e. The van der Waals surface area contributed by atoms with Crippen molar-refractivity contribution in [2.75, 3.05) is 31.1 Å². The highest BCUT2D eigenvalue weighted by atomic mass is 32.2. The van der Waals surface area contributed by atoms with E-state index in [1.165, 1.54) is 33.5 Å². The van der Waals surface area contributed by atoms with Gasteiger partial charge in [-0.05, 0) is 50.2 Å². The SMILES string of the molecule is CC1CN(S(=O)(=O)c2ccc(C(=O)OCC(=O)N(CCC#N)c3ccccc3)cc2)CC(C)O1. The van der Waals surface area contributed by atoms with Gasteiger partial charge in [-0.1, -0.05) is 18.2 Å². The highest BCUT2D eigenvalue weighted by Crippen LogP contribution is 2.22. The maximum Gasteiger partial charge on any atom is 0.338 e. The van der Waals surface area contributed by atoms with Crippen LogP contribution in [0.2, 0.25) is 0 Å². The Balaban J connectivity index is 1.64. The lowest BCUT2D eigenvalue weighted by atomic mass is 10.2. The molecule has 0 radical (unpaired) electrons. The van der Waals surface area contributed by atoms with Crippen LogP contribution in [-0.2, 0) is 24.3 Å². The number of morpholine rings is 1. The van der Waals surface area contributed by atoms with Crippen molar-refractivity contribution in [2.45, 2.75) is 37.4 Å². The molecule has 1 saturated heterocycles. The van der Waals surface area contributed by atoms with Crippen LogP contribution in [0, 0.1) is 11.3 Å². The van der Waals surface area contributed by atoms with E-state index in [-0.39, 0.29) is 48.7 Å². The highest BCUT2D eigenvalue weighted by molar-refractivity contribution is 7.89. The Morgan fingerprint density at radius 2 is 1.71 bits per heavy atom. The van der Waals surface area contributed by atoms with E-state index < -0.39 is 28.5 Å². The molecule has 2 aromatic rings. The lowest BCUT2D eigenvalue weighted by Crippen LogP contribution is -2.48. The summed E-state index contributed by atoms with van der Waals surface area (Å²) < 4.78 is 38.0. The zero-order valence-electron chi connectivity index (χ0n) is 19.1. The summed E-state index contributed by atoms with van der Waals surface area (Å²) in [7, 11) is -3.73. The minimum absolute atomic E-state index is 0.0631. The number of carbonyl (C=O) groups is 2. The molecular weight excluding hydrogens is 458 g/mol. The summed E-state index contributed by atoms with van der Waals surface area (Å²) in [5, 5.41) is 8.87. The van der Waals surface area contributed by atoms with Crippen molar-refractivity contribution in [1.29, 1.82) is 5.26 Å². The number of sulfonamides is 1. The molecule has 1 aliphatic heterocycles. The van der Waals surface area contributed by atoms with Crippen LogP contribution in [-0.4, -0.2) is 63.0 Å². The first-order valence-corrected chi connectivity index (χ1v) is 12.3. The molecule has 0 spiro atoms. The molecule has 1 heterocycles. The molecular formula is C24H27N3O6S. The first-order chi connectivity index (χ1) is 16.2. The molecule has 1 fully saturated rings. The van der Waals surface area contributed by atoms with Gasteiger partial charge in [-0.2, -0.15) is 9.57 Å². The Labute approximate surface area is 199 Å². The summed E-state index contributed by atoms with van der Waals surface area (Å²) >= 11 is 0. The molecule has 9 nitrogen and oxygen atoms in total. The summed E-state index contributed by atoms with van der Waals surface area (Å²) in [5.41, 5.74) is 0.721. The molecule has 2 atom stereocenters. The number of ether oxygens (including phenoxy) is 2. The molecule has 0 aliphatic carbocycles. The predicted octanol–water partition coefficient (Wildman–Crippen LogP) is 2.59. The summed E-state index contributed by atoms with van der Waals surface area (Å²) in [6, 6.07) is 16.2. The van der Waals surface area contributed by atoms with Crippen molar-refractivity contribution in [3.63, 3.8) is 0 Å². The van der Waals surface area contributed by atoms with Crippen molar-refractivity contribution in [3.05, 3.63) is 60.2 Å². The largest absolute Gasteiger partial charge is 0.452 e. The van der Waals surface area contributed by atoms with Crippen LogP contribution in [0.3, 0.4) is 0 Å². The third-order valence-corrected chi connectivity index (χ3v) is 7.10. The summed E-state index contributed by atoms with van der Waals surface area (Å²) in [6.07, 6.45) is -0.298. The second kappa shape index (κ2) is 11.2. The quantitative estimate of drug-likeness (QED) is 0.528. The van der Waals surface area contributed by atoms with Gasteiger partial charge in [0, 0.05) is 25.3 Å². The molecule has 2 aromatic carbocycles. The summed E-state index contributed by atoms with van der Waals surface area (Å²) in [6.45, 7) is 3.80. The molecule has 1 amide bonds. The van der Waals surface area contributed by atoms with Gasteiger partial charge in [-0.3, -0.25) is 4.79 Å². The molecule has 0 N–H and O–H groups in total. The summed E-state index contributed by atoms with van der Waals surface area (Å²) in [5.74, 6) is -1.22. The lowest BCUT2D eigenvalue weighted by molar-refractivity contribution is -0.121. The maximum atomic E-state index is 13.0. The Bertz CT molecular complexity index is 1140. The lowest BCUT2D eigenvalue weighted by Gasteiger charge is -2.34. The second-order valence-corrected chi connectivity index (χ2v) is 9.91. The zero-order chi connectivity index (χ0) is 24.7. The fourth-order valence-corrected chi connectivity index (χ4v) is 5.29. The van der Waals surface area contributed by atoms with E-state index in [0.717, 1.165) is 0 Å². The number of benzene rings is 2. The van der Waals surface area contributed by atoms with Crippen LogP contribution < -0.4 is 4.90 Å². The fraction of sp³-hybridized carbons (Fsp3) is 0.375. The number of para-hydroxylation sites is 1. The van der Waals surface area contributed by atoms with E-state index >= 15 is 0 Å². The van der Waals surface area contributed by atoms with E-state index in [9.17, 15) is 18.0 Å². The molecule has 10 heteroatoms. The molecule has 1 aliphatic rings. The maximum absolute atomic E-state index is 13.0. The van der Waals surface area contributed by atoms with Crippen molar-refractivity contribution in [2.24, 2.45) is 0 Å². The summed E-state index contributed by atoms with van der Waals surface area (Å²) in [4.78, 5) is 26.5. The van der Waals surface area contributed by atoms with Gasteiger partial charge in [0.2, 0.25) is 10.0 Å². The number of hydrogen-bond donors (Lipinski definition) is 0. The Hall–Kier alpha value is -3.26. The molecule has 2 unspecified atom stereocenters. The van der Waals surface area contributed by atoms with Gasteiger partial charge in [0.25, 0.3) is 5.91 Å². The first-order valence-electron chi connectivity index (χ1n) is 10.9. The van der Waals surface area contributed by atoms with E-state index in [2.05, 4.69) is 0 Å². The number of hydrogen-bond acceptors (Lipinski definition) is 7. The third kappa shape index (κ3) is 6.20. The fourth-order valence-electron chi connectivity index (χ4n) is 3.70. The molecule has 180 valence electrons. The average molecular weight is 486 g/mol. The molecule has 0 bridgehead atoms. The number of esters is 1. The zero-order valence-corrected chi connectivity index (χ0v) is 19.9. The first kappa shape index (κ1) is 25.4. The van der Waals surface area contributed by atoms with Crippen molar-refractivity contribution in [3.8, 4) is 6.07 Å². The van der Waals surface area contributed by atoms with Gasteiger partial charge in [-0.15, -0.1) is 0 Å². The number of amides is 1. The van der Waals surface area contributed by atoms with E-state index in [1.807, 2.05) is 19.9 Å². The van der Waals surface area contributed by atoms with Gasteiger partial charge in [0.15, 0.2) is 6.61 Å². The monoisotopic (exact) mass is 485 g/mol. The van der Waals surface area contributed by atoms with Crippen LogP contribution in [0.25, 0.3) is 0 Å². The van der Waals surface area contributed by atoms with Crippen molar-refractivity contribution >= 4 is 27.6 Å². The third-order valence-electron chi connectivity index (χ3n) is 5.26. The minimum atomic E-state index is -3.73. The van der Waals surface area contributed by atoms with Gasteiger partial charge in [0.05, 0.1) is 35.2 Å². The Morgan fingerprint density at radius 3 is 2.29 bits per heavy atom. The number of nitriles is 1.